The highest BCUT2D eigenvalue weighted by molar-refractivity contribution is 7.90. The summed E-state index contributed by atoms with van der Waals surface area (Å²) in [5, 5.41) is 12.1. The maximum absolute atomic E-state index is 11.9. The molecule has 0 radical (unpaired) electrons. The molecule has 1 aliphatic rings. The highest BCUT2D eigenvalue weighted by atomic mass is 35.5. The van der Waals surface area contributed by atoms with Gasteiger partial charge in [-0.2, -0.15) is 0 Å². The Balaban J connectivity index is 2.20. The molecule has 0 aliphatic heterocycles. The summed E-state index contributed by atoms with van der Waals surface area (Å²) in [6.07, 6.45) is 4.74. The van der Waals surface area contributed by atoms with Crippen molar-refractivity contribution in [2.24, 2.45) is 16.8 Å². The first-order chi connectivity index (χ1) is 11.2. The SMILES string of the molecule is CS(=O)(=O)c1ccc([C@@H](CC2CCC(=NO)CC2)C(N)=O)cc1Cl. The summed E-state index contributed by atoms with van der Waals surface area (Å²) in [5.74, 6) is -0.685. The van der Waals surface area contributed by atoms with Crippen molar-refractivity contribution in [3.8, 4) is 0 Å². The number of halogens is 1. The number of carbonyl (C=O) groups excluding carboxylic acids is 1. The summed E-state index contributed by atoms with van der Waals surface area (Å²) >= 11 is 6.07. The highest BCUT2D eigenvalue weighted by Gasteiger charge is 2.27. The second kappa shape index (κ2) is 7.53. The van der Waals surface area contributed by atoms with Crippen LogP contribution in [-0.4, -0.2) is 31.5 Å². The number of oxime groups is 1. The molecule has 1 amide bonds. The third kappa shape index (κ3) is 4.48. The van der Waals surface area contributed by atoms with Crippen molar-refractivity contribution in [3.63, 3.8) is 0 Å². The molecular weight excluding hydrogens is 352 g/mol. The Kier molecular flexibility index (Phi) is 5.87. The molecule has 6 nitrogen and oxygen atoms in total. The molecule has 1 atom stereocenters. The largest absolute Gasteiger partial charge is 0.411 e. The summed E-state index contributed by atoms with van der Waals surface area (Å²) in [5.41, 5.74) is 6.96. The van der Waals surface area contributed by atoms with Crippen molar-refractivity contribution >= 4 is 33.1 Å². The minimum Gasteiger partial charge on any atom is -0.411 e. The quantitative estimate of drug-likeness (QED) is 0.611. The van der Waals surface area contributed by atoms with E-state index in [1.807, 2.05) is 0 Å². The van der Waals surface area contributed by atoms with E-state index in [9.17, 15) is 13.2 Å². The third-order valence-electron chi connectivity index (χ3n) is 4.49. The van der Waals surface area contributed by atoms with Crippen molar-refractivity contribution < 1.29 is 18.4 Å². The number of sulfone groups is 1. The van der Waals surface area contributed by atoms with Gasteiger partial charge in [-0.05, 0) is 55.7 Å². The molecule has 8 heteroatoms. The van der Waals surface area contributed by atoms with Crippen molar-refractivity contribution in [2.75, 3.05) is 6.26 Å². The monoisotopic (exact) mass is 372 g/mol. The average Bonchev–Trinajstić information content (AvgIpc) is 2.51. The summed E-state index contributed by atoms with van der Waals surface area (Å²) in [6, 6.07) is 4.53. The number of rotatable bonds is 5. The van der Waals surface area contributed by atoms with E-state index in [0.29, 0.717) is 30.7 Å². The Hall–Kier alpha value is -1.60. The van der Waals surface area contributed by atoms with E-state index in [0.717, 1.165) is 24.8 Å². The van der Waals surface area contributed by atoms with Crippen LogP contribution in [0.2, 0.25) is 5.02 Å². The fourth-order valence-electron chi connectivity index (χ4n) is 3.13. The van der Waals surface area contributed by atoms with Gasteiger partial charge in [-0.3, -0.25) is 4.79 Å². The van der Waals surface area contributed by atoms with E-state index in [1.165, 1.54) is 12.1 Å². The fraction of sp³-hybridized carbons (Fsp3) is 0.500. The Morgan fingerprint density at radius 1 is 1.42 bits per heavy atom. The van der Waals surface area contributed by atoms with Crippen LogP contribution in [0.4, 0.5) is 0 Å². The van der Waals surface area contributed by atoms with Crippen LogP contribution in [0.3, 0.4) is 0 Å². The second-order valence-corrected chi connectivity index (χ2v) is 8.65. The van der Waals surface area contributed by atoms with Crippen LogP contribution in [0, 0.1) is 5.92 Å². The van der Waals surface area contributed by atoms with Gasteiger partial charge in [0.2, 0.25) is 5.91 Å². The van der Waals surface area contributed by atoms with Gasteiger partial charge in [-0.15, -0.1) is 0 Å². The minimum absolute atomic E-state index is 0.0394. The Labute approximate surface area is 146 Å². The molecule has 3 N–H and O–H groups in total. The van der Waals surface area contributed by atoms with Gasteiger partial charge in [0, 0.05) is 6.26 Å². The Morgan fingerprint density at radius 2 is 2.04 bits per heavy atom. The van der Waals surface area contributed by atoms with Gasteiger partial charge in [-0.1, -0.05) is 22.8 Å². The molecule has 2 rings (SSSR count). The molecule has 0 aromatic heterocycles. The molecule has 0 bridgehead atoms. The topological polar surface area (TPSA) is 110 Å². The minimum atomic E-state index is -3.42. The summed E-state index contributed by atoms with van der Waals surface area (Å²) in [7, 11) is -3.42. The van der Waals surface area contributed by atoms with Gasteiger partial charge < -0.3 is 10.9 Å². The van der Waals surface area contributed by atoms with Gasteiger partial charge >= 0.3 is 0 Å². The summed E-state index contributed by atoms with van der Waals surface area (Å²) in [4.78, 5) is 11.9. The Morgan fingerprint density at radius 3 is 2.50 bits per heavy atom. The number of primary amides is 1. The molecular formula is C16H21ClN2O4S. The predicted molar refractivity (Wildman–Crippen MR) is 92.3 cm³/mol. The Bertz CT molecular complexity index is 751. The van der Waals surface area contributed by atoms with Crippen LogP contribution < -0.4 is 5.73 Å². The molecule has 24 heavy (non-hydrogen) atoms. The summed E-state index contributed by atoms with van der Waals surface area (Å²) in [6.45, 7) is 0. The van der Waals surface area contributed by atoms with E-state index < -0.39 is 21.7 Å². The maximum Gasteiger partial charge on any atom is 0.224 e. The molecule has 1 fully saturated rings. The summed E-state index contributed by atoms with van der Waals surface area (Å²) < 4.78 is 23.3. The van der Waals surface area contributed by atoms with Crippen molar-refractivity contribution in [1.82, 2.24) is 0 Å². The van der Waals surface area contributed by atoms with Gasteiger partial charge in [-0.25, -0.2) is 8.42 Å². The van der Waals surface area contributed by atoms with E-state index in [2.05, 4.69) is 5.16 Å². The third-order valence-corrected chi connectivity index (χ3v) is 6.07. The second-order valence-electron chi connectivity index (χ2n) is 6.26. The standard InChI is InChI=1S/C16H21ClN2O4S/c1-24(22,23)15-7-4-11(9-14(15)17)13(16(18)20)8-10-2-5-12(19-21)6-3-10/h4,7,9-10,13,21H,2-3,5-6,8H2,1H3,(H2,18,20)/t10?,13-/m1/s1. The molecule has 1 saturated carbocycles. The molecule has 1 aromatic rings. The van der Waals surface area contributed by atoms with Crippen LogP contribution >= 0.6 is 11.6 Å². The number of benzene rings is 1. The van der Waals surface area contributed by atoms with E-state index in [-0.39, 0.29) is 9.92 Å². The lowest BCUT2D eigenvalue weighted by Gasteiger charge is -2.26. The van der Waals surface area contributed by atoms with Gasteiger partial charge in [0.1, 0.15) is 0 Å². The van der Waals surface area contributed by atoms with E-state index in [1.54, 1.807) is 6.07 Å². The number of hydrogen-bond acceptors (Lipinski definition) is 5. The van der Waals surface area contributed by atoms with Crippen LogP contribution in [0.5, 0.6) is 0 Å². The lowest BCUT2D eigenvalue weighted by Crippen LogP contribution is -2.25. The number of nitrogens with two attached hydrogens (primary N) is 1. The highest BCUT2D eigenvalue weighted by Crippen LogP contribution is 2.34. The van der Waals surface area contributed by atoms with Gasteiger partial charge in [0.25, 0.3) is 0 Å². The van der Waals surface area contributed by atoms with Crippen molar-refractivity contribution in [1.29, 1.82) is 0 Å². The number of nitrogens with zero attached hydrogens (tertiary/aromatic N) is 1. The van der Waals surface area contributed by atoms with Crippen LogP contribution in [-0.2, 0) is 14.6 Å². The van der Waals surface area contributed by atoms with Crippen LogP contribution in [0.1, 0.15) is 43.6 Å². The first kappa shape index (κ1) is 18.7. The van der Waals surface area contributed by atoms with Crippen LogP contribution in [0.15, 0.2) is 28.3 Å². The first-order valence-electron chi connectivity index (χ1n) is 7.71. The lowest BCUT2D eigenvalue weighted by atomic mass is 9.80. The smallest absolute Gasteiger partial charge is 0.224 e. The van der Waals surface area contributed by atoms with Crippen LogP contribution in [0.25, 0.3) is 0 Å². The molecule has 1 aliphatic carbocycles. The molecule has 1 aromatic carbocycles. The molecule has 132 valence electrons. The van der Waals surface area contributed by atoms with E-state index in [4.69, 9.17) is 22.5 Å². The first-order valence-corrected chi connectivity index (χ1v) is 9.98. The fourth-order valence-corrected chi connectivity index (χ4v) is 4.47. The molecule has 0 heterocycles. The van der Waals surface area contributed by atoms with E-state index >= 15 is 0 Å². The predicted octanol–water partition coefficient (Wildman–Crippen LogP) is 2.72. The molecule has 0 unspecified atom stereocenters. The number of hydrogen-bond donors (Lipinski definition) is 2. The number of amides is 1. The number of carbonyl (C=O) groups is 1. The lowest BCUT2D eigenvalue weighted by molar-refractivity contribution is -0.119. The average molecular weight is 373 g/mol. The maximum atomic E-state index is 11.9. The van der Waals surface area contributed by atoms with Crippen molar-refractivity contribution in [3.05, 3.63) is 28.8 Å². The zero-order chi connectivity index (χ0) is 17.9. The van der Waals surface area contributed by atoms with Gasteiger partial charge in [0.05, 0.1) is 21.5 Å². The normalized spacial score (nSPS) is 19.8. The zero-order valence-corrected chi connectivity index (χ0v) is 15.0. The van der Waals surface area contributed by atoms with Gasteiger partial charge in [0.15, 0.2) is 9.84 Å². The molecule has 0 saturated heterocycles. The van der Waals surface area contributed by atoms with Crippen molar-refractivity contribution in [2.45, 2.75) is 42.9 Å². The zero-order valence-electron chi connectivity index (χ0n) is 13.4. The molecule has 0 spiro atoms.